The summed E-state index contributed by atoms with van der Waals surface area (Å²) in [6.07, 6.45) is 6.83. The number of nitrogens with zero attached hydrogens (tertiary/aromatic N) is 1. The maximum absolute atomic E-state index is 9.65. The molecule has 2 aliphatic rings. The Kier molecular flexibility index (Phi) is 2.55. The van der Waals surface area contributed by atoms with Gasteiger partial charge >= 0.3 is 0 Å². The standard InChI is InChI=1S/C15H18N2/c16-11-15(8-2-1-3-9-15)13-6-4-5-12-7-10-17-14(12)13/h4-6,17H,1-3,7-10H2. The third kappa shape index (κ3) is 1.61. The maximum atomic E-state index is 9.65. The molecule has 0 amide bonds. The minimum Gasteiger partial charge on any atom is -0.384 e. The van der Waals surface area contributed by atoms with Crippen LogP contribution >= 0.6 is 0 Å². The van der Waals surface area contributed by atoms with Crippen LogP contribution < -0.4 is 5.32 Å². The van der Waals surface area contributed by atoms with Crippen LogP contribution in [0.1, 0.15) is 43.2 Å². The highest BCUT2D eigenvalue weighted by Gasteiger charge is 2.36. The maximum Gasteiger partial charge on any atom is 0.0842 e. The highest BCUT2D eigenvalue weighted by atomic mass is 14.9. The molecule has 1 aliphatic heterocycles. The number of nitriles is 1. The molecule has 0 aromatic heterocycles. The molecule has 0 atom stereocenters. The van der Waals surface area contributed by atoms with E-state index in [2.05, 4.69) is 29.6 Å². The molecular formula is C15H18N2. The van der Waals surface area contributed by atoms with Gasteiger partial charge in [0.25, 0.3) is 0 Å². The molecule has 2 nitrogen and oxygen atoms in total. The second kappa shape index (κ2) is 4.07. The first-order chi connectivity index (χ1) is 8.36. The lowest BCUT2D eigenvalue weighted by atomic mass is 9.70. The van der Waals surface area contributed by atoms with Crippen molar-refractivity contribution >= 4 is 5.69 Å². The van der Waals surface area contributed by atoms with Gasteiger partial charge in [-0.2, -0.15) is 5.26 Å². The van der Waals surface area contributed by atoms with Crippen LogP contribution in [0.3, 0.4) is 0 Å². The molecule has 88 valence electrons. The van der Waals surface area contributed by atoms with Crippen molar-refractivity contribution in [3.63, 3.8) is 0 Å². The lowest BCUT2D eigenvalue weighted by Crippen LogP contribution is -2.28. The largest absolute Gasteiger partial charge is 0.384 e. The van der Waals surface area contributed by atoms with E-state index in [9.17, 15) is 5.26 Å². The van der Waals surface area contributed by atoms with Crippen LogP contribution in [0.5, 0.6) is 0 Å². The summed E-state index contributed by atoms with van der Waals surface area (Å²) >= 11 is 0. The summed E-state index contributed by atoms with van der Waals surface area (Å²) in [4.78, 5) is 0. The molecule has 1 fully saturated rings. The number of hydrogen-bond acceptors (Lipinski definition) is 2. The van der Waals surface area contributed by atoms with Crippen LogP contribution in [0.2, 0.25) is 0 Å². The third-order valence-corrected chi connectivity index (χ3v) is 4.28. The average molecular weight is 226 g/mol. The van der Waals surface area contributed by atoms with Crippen LogP contribution in [0.25, 0.3) is 0 Å². The van der Waals surface area contributed by atoms with Gasteiger partial charge in [-0.15, -0.1) is 0 Å². The van der Waals surface area contributed by atoms with Crippen LogP contribution in [0, 0.1) is 11.3 Å². The molecule has 2 heteroatoms. The number of anilines is 1. The molecule has 17 heavy (non-hydrogen) atoms. The van der Waals surface area contributed by atoms with Gasteiger partial charge in [0, 0.05) is 12.2 Å². The summed E-state index contributed by atoms with van der Waals surface area (Å²) in [5.74, 6) is 0. The van der Waals surface area contributed by atoms with Gasteiger partial charge in [-0.05, 0) is 30.4 Å². The molecule has 0 radical (unpaired) electrons. The molecule has 1 aromatic rings. The molecule has 1 aliphatic carbocycles. The molecule has 0 bridgehead atoms. The number of para-hydroxylation sites is 1. The van der Waals surface area contributed by atoms with Crippen molar-refractivity contribution in [3.05, 3.63) is 29.3 Å². The number of fused-ring (bicyclic) bond motifs is 1. The summed E-state index contributed by atoms with van der Waals surface area (Å²) in [6, 6.07) is 9.09. The first-order valence-electron chi connectivity index (χ1n) is 6.63. The predicted octanol–water partition coefficient (Wildman–Crippen LogP) is 3.38. The van der Waals surface area contributed by atoms with Crippen molar-refractivity contribution in [2.24, 2.45) is 0 Å². The van der Waals surface area contributed by atoms with Gasteiger partial charge < -0.3 is 5.32 Å². The van der Waals surface area contributed by atoms with Crippen molar-refractivity contribution in [1.29, 1.82) is 5.26 Å². The fourth-order valence-corrected chi connectivity index (χ4v) is 3.33. The number of hydrogen-bond donors (Lipinski definition) is 1. The zero-order valence-corrected chi connectivity index (χ0v) is 10.1. The van der Waals surface area contributed by atoms with Crippen LogP contribution in [0.15, 0.2) is 18.2 Å². The summed E-state index contributed by atoms with van der Waals surface area (Å²) in [6.45, 7) is 1.02. The Bertz CT molecular complexity index is 464. The van der Waals surface area contributed by atoms with Gasteiger partial charge in [0.15, 0.2) is 0 Å². The first-order valence-corrected chi connectivity index (χ1v) is 6.63. The lowest BCUT2D eigenvalue weighted by molar-refractivity contribution is 0.367. The van der Waals surface area contributed by atoms with Gasteiger partial charge in [-0.3, -0.25) is 0 Å². The SMILES string of the molecule is N#CC1(c2cccc3c2NCC3)CCCCC1. The van der Waals surface area contributed by atoms with E-state index in [4.69, 9.17) is 0 Å². The fraction of sp³-hybridized carbons (Fsp3) is 0.533. The van der Waals surface area contributed by atoms with Gasteiger partial charge in [0.1, 0.15) is 0 Å². The summed E-state index contributed by atoms with van der Waals surface area (Å²) in [5.41, 5.74) is 3.69. The molecule has 3 rings (SSSR count). The van der Waals surface area contributed by atoms with Gasteiger partial charge in [0.05, 0.1) is 11.5 Å². The van der Waals surface area contributed by atoms with Crippen molar-refractivity contribution < 1.29 is 0 Å². The number of nitrogens with one attached hydrogen (secondary N) is 1. The Morgan fingerprint density at radius 3 is 2.76 bits per heavy atom. The summed E-state index contributed by atoms with van der Waals surface area (Å²) in [5, 5.41) is 13.1. The second-order valence-corrected chi connectivity index (χ2v) is 5.27. The summed E-state index contributed by atoms with van der Waals surface area (Å²) in [7, 11) is 0. The first kappa shape index (κ1) is 10.7. The van der Waals surface area contributed by atoms with Crippen molar-refractivity contribution in [3.8, 4) is 6.07 Å². The average Bonchev–Trinajstić information content (AvgIpc) is 2.87. The quantitative estimate of drug-likeness (QED) is 0.796. The van der Waals surface area contributed by atoms with Crippen LogP contribution in [-0.4, -0.2) is 6.54 Å². The van der Waals surface area contributed by atoms with Crippen molar-refractivity contribution in [2.75, 3.05) is 11.9 Å². The minimum absolute atomic E-state index is 0.221. The smallest absolute Gasteiger partial charge is 0.0842 e. The Balaban J connectivity index is 2.08. The Morgan fingerprint density at radius 2 is 2.00 bits per heavy atom. The summed E-state index contributed by atoms with van der Waals surface area (Å²) < 4.78 is 0. The van der Waals surface area contributed by atoms with Crippen molar-refractivity contribution in [1.82, 2.24) is 0 Å². The molecule has 1 aromatic carbocycles. The zero-order valence-electron chi connectivity index (χ0n) is 10.1. The van der Waals surface area contributed by atoms with Crippen LogP contribution in [0.4, 0.5) is 5.69 Å². The predicted molar refractivity (Wildman–Crippen MR) is 69.0 cm³/mol. The Hall–Kier alpha value is -1.49. The molecule has 1 heterocycles. The third-order valence-electron chi connectivity index (χ3n) is 4.28. The van der Waals surface area contributed by atoms with E-state index < -0.39 is 0 Å². The molecular weight excluding hydrogens is 208 g/mol. The van der Waals surface area contributed by atoms with E-state index in [0.717, 1.165) is 25.8 Å². The topological polar surface area (TPSA) is 35.8 Å². The molecule has 0 saturated heterocycles. The second-order valence-electron chi connectivity index (χ2n) is 5.27. The minimum atomic E-state index is -0.221. The fourth-order valence-electron chi connectivity index (χ4n) is 3.33. The number of rotatable bonds is 1. The number of benzene rings is 1. The zero-order chi connectivity index (χ0) is 11.7. The van der Waals surface area contributed by atoms with E-state index in [-0.39, 0.29) is 5.41 Å². The van der Waals surface area contributed by atoms with Gasteiger partial charge in [-0.1, -0.05) is 37.5 Å². The molecule has 0 unspecified atom stereocenters. The molecule has 0 spiro atoms. The Morgan fingerprint density at radius 1 is 1.18 bits per heavy atom. The van der Waals surface area contributed by atoms with E-state index in [1.807, 2.05) is 0 Å². The van der Waals surface area contributed by atoms with E-state index in [1.165, 1.54) is 36.1 Å². The van der Waals surface area contributed by atoms with Crippen molar-refractivity contribution in [2.45, 2.75) is 43.9 Å². The van der Waals surface area contributed by atoms with Gasteiger partial charge in [0.2, 0.25) is 0 Å². The Labute approximate surface area is 103 Å². The van der Waals surface area contributed by atoms with E-state index >= 15 is 0 Å². The normalized spacial score (nSPS) is 21.4. The van der Waals surface area contributed by atoms with Gasteiger partial charge in [-0.25, -0.2) is 0 Å². The highest BCUT2D eigenvalue weighted by Crippen LogP contribution is 2.44. The van der Waals surface area contributed by atoms with Crippen LogP contribution in [-0.2, 0) is 11.8 Å². The molecule has 1 saturated carbocycles. The monoisotopic (exact) mass is 226 g/mol. The van der Waals surface area contributed by atoms with E-state index in [1.54, 1.807) is 0 Å². The lowest BCUT2D eigenvalue weighted by Gasteiger charge is -2.32. The van der Waals surface area contributed by atoms with E-state index in [0.29, 0.717) is 0 Å². The highest BCUT2D eigenvalue weighted by molar-refractivity contribution is 5.65. The molecule has 1 N–H and O–H groups in total.